The van der Waals surface area contributed by atoms with Crippen molar-refractivity contribution < 1.29 is 26.3 Å². The average molecular weight is 554 g/mol. The number of hydrogen-bond donors (Lipinski definition) is 2. The maximum Gasteiger partial charge on any atom is 0.418 e. The van der Waals surface area contributed by atoms with Crippen LogP contribution in [-0.2, 0) is 25.4 Å². The van der Waals surface area contributed by atoms with Gasteiger partial charge >= 0.3 is 12.4 Å². The fourth-order valence-corrected chi connectivity index (χ4v) is 4.15. The van der Waals surface area contributed by atoms with Crippen LogP contribution in [0.4, 0.5) is 37.8 Å². The molecule has 204 valence electrons. The molecule has 0 aliphatic carbocycles. The van der Waals surface area contributed by atoms with Crippen LogP contribution in [0.2, 0.25) is 0 Å². The molecule has 40 heavy (non-hydrogen) atoms. The largest absolute Gasteiger partial charge is 0.418 e. The van der Waals surface area contributed by atoms with E-state index < -0.39 is 23.5 Å². The second-order valence-electron chi connectivity index (χ2n) is 8.75. The van der Waals surface area contributed by atoms with E-state index in [2.05, 4.69) is 30.6 Å². The molecule has 12 heteroatoms. The molecule has 0 aliphatic heterocycles. The number of aromatic nitrogens is 4. The van der Waals surface area contributed by atoms with Crippen LogP contribution in [0.1, 0.15) is 22.5 Å². The van der Waals surface area contributed by atoms with Gasteiger partial charge in [-0.1, -0.05) is 36.4 Å². The van der Waals surface area contributed by atoms with Crippen LogP contribution < -0.4 is 10.6 Å². The van der Waals surface area contributed by atoms with E-state index >= 15 is 0 Å². The number of rotatable bonds is 7. The topological polar surface area (TPSA) is 75.6 Å². The molecule has 3 aromatic heterocycles. The minimum absolute atomic E-state index is 0.0450. The van der Waals surface area contributed by atoms with Crippen LogP contribution in [-0.4, -0.2) is 19.9 Å². The van der Waals surface area contributed by atoms with E-state index in [0.29, 0.717) is 11.9 Å². The number of nitrogens with zero attached hydrogens (tertiary/aromatic N) is 4. The van der Waals surface area contributed by atoms with Crippen molar-refractivity contribution in [2.45, 2.75) is 25.4 Å². The normalized spacial score (nSPS) is 12.1. The lowest BCUT2D eigenvalue weighted by atomic mass is 10.0. The highest BCUT2D eigenvalue weighted by Crippen LogP contribution is 2.38. The van der Waals surface area contributed by atoms with Gasteiger partial charge < -0.3 is 10.6 Å². The maximum atomic E-state index is 13.7. The van der Waals surface area contributed by atoms with Crippen molar-refractivity contribution >= 4 is 22.4 Å². The number of pyridine rings is 2. The average Bonchev–Trinajstić information content (AvgIpc) is 2.92. The molecule has 0 bridgehead atoms. The second-order valence-corrected chi connectivity index (χ2v) is 8.75. The van der Waals surface area contributed by atoms with Gasteiger partial charge in [-0.05, 0) is 35.9 Å². The molecule has 0 aliphatic rings. The van der Waals surface area contributed by atoms with Gasteiger partial charge in [0.1, 0.15) is 11.6 Å². The molecule has 0 atom stereocenters. The lowest BCUT2D eigenvalue weighted by molar-refractivity contribution is -0.138. The van der Waals surface area contributed by atoms with Crippen molar-refractivity contribution in [2.75, 3.05) is 5.32 Å². The van der Waals surface area contributed by atoms with E-state index in [1.54, 1.807) is 0 Å². The summed E-state index contributed by atoms with van der Waals surface area (Å²) in [5.74, 6) is 0.265. The van der Waals surface area contributed by atoms with Gasteiger partial charge in [0.05, 0.1) is 40.8 Å². The van der Waals surface area contributed by atoms with E-state index in [-0.39, 0.29) is 40.6 Å². The van der Waals surface area contributed by atoms with Crippen LogP contribution >= 0.6 is 0 Å². The Labute approximate surface area is 224 Å². The number of alkyl halides is 6. The Morgan fingerprint density at radius 1 is 0.725 bits per heavy atom. The monoisotopic (exact) mass is 554 g/mol. The lowest BCUT2D eigenvalue weighted by Crippen LogP contribution is -2.16. The van der Waals surface area contributed by atoms with Gasteiger partial charge in [0.15, 0.2) is 0 Å². The summed E-state index contributed by atoms with van der Waals surface area (Å²) in [6.07, 6.45) is -5.99. The van der Waals surface area contributed by atoms with E-state index in [0.717, 1.165) is 30.1 Å². The van der Waals surface area contributed by atoms with Crippen LogP contribution in [0.15, 0.2) is 85.3 Å². The number of anilines is 2. The Balaban J connectivity index is 1.58. The first-order chi connectivity index (χ1) is 19.1. The molecule has 3 heterocycles. The van der Waals surface area contributed by atoms with Crippen molar-refractivity contribution in [3.8, 4) is 11.3 Å². The third-order valence-corrected chi connectivity index (χ3v) is 5.96. The van der Waals surface area contributed by atoms with Crippen molar-refractivity contribution in [3.05, 3.63) is 108 Å². The quantitative estimate of drug-likeness (QED) is 0.208. The van der Waals surface area contributed by atoms with Gasteiger partial charge in [0.25, 0.3) is 0 Å². The summed E-state index contributed by atoms with van der Waals surface area (Å²) in [5.41, 5.74) is -1.13. The predicted molar refractivity (Wildman–Crippen MR) is 137 cm³/mol. The number of halogens is 6. The zero-order valence-electron chi connectivity index (χ0n) is 20.6. The van der Waals surface area contributed by atoms with Crippen molar-refractivity contribution in [1.29, 1.82) is 0 Å². The van der Waals surface area contributed by atoms with E-state index in [9.17, 15) is 26.3 Å². The van der Waals surface area contributed by atoms with Crippen LogP contribution in [0.3, 0.4) is 0 Å². The Hall–Kier alpha value is -4.58. The molecule has 0 unspecified atom stereocenters. The number of fused-ring (bicyclic) bond motifs is 1. The van der Waals surface area contributed by atoms with Crippen molar-refractivity contribution in [2.24, 2.45) is 0 Å². The Morgan fingerprint density at radius 3 is 2.25 bits per heavy atom. The summed E-state index contributed by atoms with van der Waals surface area (Å²) >= 11 is 0. The van der Waals surface area contributed by atoms with Crippen molar-refractivity contribution in [1.82, 2.24) is 25.3 Å². The molecule has 0 saturated heterocycles. The summed E-state index contributed by atoms with van der Waals surface area (Å²) in [4.78, 5) is 16.7. The van der Waals surface area contributed by atoms with Crippen LogP contribution in [0.25, 0.3) is 22.2 Å². The van der Waals surface area contributed by atoms with Crippen molar-refractivity contribution in [3.63, 3.8) is 0 Å². The SMILES string of the molecule is FC(F)(F)c1ccncc1Nc1nc(CNCc2ccccc2)nc2cc(-c3ncccc3C(F)(F)F)ccc12. The molecule has 0 amide bonds. The molecular formula is C28H20F6N6. The summed E-state index contributed by atoms with van der Waals surface area (Å²) in [7, 11) is 0. The minimum atomic E-state index is -4.66. The highest BCUT2D eigenvalue weighted by Gasteiger charge is 2.35. The Kier molecular flexibility index (Phi) is 7.35. The fourth-order valence-electron chi connectivity index (χ4n) is 4.15. The van der Waals surface area contributed by atoms with E-state index in [4.69, 9.17) is 0 Å². The minimum Gasteiger partial charge on any atom is -0.338 e. The van der Waals surface area contributed by atoms with E-state index in [1.807, 2.05) is 30.3 Å². The molecule has 5 aromatic rings. The zero-order valence-corrected chi connectivity index (χ0v) is 20.6. The molecule has 5 rings (SSSR count). The number of nitrogens with one attached hydrogen (secondary N) is 2. The molecule has 0 radical (unpaired) electrons. The van der Waals surface area contributed by atoms with Crippen LogP contribution in [0.5, 0.6) is 0 Å². The smallest absolute Gasteiger partial charge is 0.338 e. The predicted octanol–water partition coefficient (Wildman–Crippen LogP) is 7.16. The number of benzene rings is 2. The summed E-state index contributed by atoms with van der Waals surface area (Å²) in [6, 6.07) is 16.7. The van der Waals surface area contributed by atoms with Gasteiger partial charge in [0, 0.05) is 29.9 Å². The first kappa shape index (κ1) is 27.0. The molecule has 2 aromatic carbocycles. The first-order valence-electron chi connectivity index (χ1n) is 12.0. The molecule has 6 nitrogen and oxygen atoms in total. The highest BCUT2D eigenvalue weighted by atomic mass is 19.4. The summed E-state index contributed by atoms with van der Waals surface area (Å²) in [5, 5.41) is 6.19. The van der Waals surface area contributed by atoms with Gasteiger partial charge in [-0.15, -0.1) is 0 Å². The summed E-state index contributed by atoms with van der Waals surface area (Å²) in [6.45, 7) is 0.606. The molecule has 0 spiro atoms. The second kappa shape index (κ2) is 10.9. The Bertz CT molecular complexity index is 1640. The van der Waals surface area contributed by atoms with Gasteiger partial charge in [-0.3, -0.25) is 9.97 Å². The lowest BCUT2D eigenvalue weighted by Gasteiger charge is -2.16. The van der Waals surface area contributed by atoms with Gasteiger partial charge in [-0.2, -0.15) is 26.3 Å². The maximum absolute atomic E-state index is 13.7. The third kappa shape index (κ3) is 6.01. The first-order valence-corrected chi connectivity index (χ1v) is 12.0. The van der Waals surface area contributed by atoms with Gasteiger partial charge in [-0.25, -0.2) is 9.97 Å². The highest BCUT2D eigenvalue weighted by molar-refractivity contribution is 5.93. The number of hydrogen-bond acceptors (Lipinski definition) is 6. The third-order valence-electron chi connectivity index (χ3n) is 5.96. The Morgan fingerprint density at radius 2 is 1.50 bits per heavy atom. The van der Waals surface area contributed by atoms with Gasteiger partial charge in [0.2, 0.25) is 0 Å². The standard InChI is InChI=1S/C28H20F6N6/c29-27(30,31)20-10-12-35-15-23(20)39-26-19-9-8-18(25-21(28(32,33)34)7-4-11-37-25)13-22(19)38-24(40-26)16-36-14-17-5-2-1-3-6-17/h1-13,15,36H,14,16H2,(H,38,39,40). The molecular weight excluding hydrogens is 534 g/mol. The van der Waals surface area contributed by atoms with Crippen LogP contribution in [0, 0.1) is 0 Å². The molecule has 2 N–H and O–H groups in total. The van der Waals surface area contributed by atoms with E-state index in [1.165, 1.54) is 30.5 Å². The molecule has 0 saturated carbocycles. The fraction of sp³-hybridized carbons (Fsp3) is 0.143. The molecule has 0 fully saturated rings. The summed E-state index contributed by atoms with van der Waals surface area (Å²) < 4.78 is 81.9. The zero-order chi connectivity index (χ0) is 28.3.